The largest absolute Gasteiger partial charge is 0.394 e. The molecule has 1 aliphatic rings. The number of hydrogen-bond acceptors (Lipinski definition) is 7. The molecule has 0 saturated carbocycles. The summed E-state index contributed by atoms with van der Waals surface area (Å²) in [6.07, 6.45) is -3.70. The molecule has 0 spiro atoms. The standard InChI is InChI=1S/C12H18N2O7/c1-2-20-5-6-3-14(12(19)13-10(6)18)11-9(17)8(16)7(4-15)21-11/h3,7-9,11,15-17H,2,4-5H2,1H3,(H,13,18,19)/t7-,8-,9-,11-/m1/s1. The minimum Gasteiger partial charge on any atom is -0.394 e. The number of aliphatic hydroxyl groups excluding tert-OH is 3. The highest BCUT2D eigenvalue weighted by atomic mass is 16.6. The minimum absolute atomic E-state index is 0.000903. The van der Waals surface area contributed by atoms with E-state index < -0.39 is 42.4 Å². The van der Waals surface area contributed by atoms with Gasteiger partial charge in [-0.2, -0.15) is 0 Å². The Labute approximate surface area is 119 Å². The molecule has 1 saturated heterocycles. The van der Waals surface area contributed by atoms with Gasteiger partial charge in [0.15, 0.2) is 6.23 Å². The van der Waals surface area contributed by atoms with Crippen LogP contribution in [0.2, 0.25) is 0 Å². The average molecular weight is 302 g/mol. The van der Waals surface area contributed by atoms with Gasteiger partial charge in [-0.05, 0) is 6.92 Å². The van der Waals surface area contributed by atoms with Crippen LogP contribution in [-0.2, 0) is 16.1 Å². The summed E-state index contributed by atoms with van der Waals surface area (Å²) in [6, 6.07) is 0. The van der Waals surface area contributed by atoms with Gasteiger partial charge in [-0.1, -0.05) is 0 Å². The lowest BCUT2D eigenvalue weighted by molar-refractivity contribution is -0.0553. The summed E-state index contributed by atoms with van der Waals surface area (Å²) in [5, 5.41) is 28.6. The van der Waals surface area contributed by atoms with Crippen LogP contribution >= 0.6 is 0 Å². The Bertz CT molecular complexity index is 596. The van der Waals surface area contributed by atoms with Gasteiger partial charge in [-0.25, -0.2) is 4.79 Å². The molecule has 1 aromatic rings. The summed E-state index contributed by atoms with van der Waals surface area (Å²) in [6.45, 7) is 1.65. The van der Waals surface area contributed by atoms with E-state index in [1.54, 1.807) is 6.92 Å². The molecule has 1 aliphatic heterocycles. The van der Waals surface area contributed by atoms with Crippen LogP contribution in [-0.4, -0.2) is 56.4 Å². The molecule has 0 bridgehead atoms. The van der Waals surface area contributed by atoms with Gasteiger partial charge in [0.1, 0.15) is 18.3 Å². The van der Waals surface area contributed by atoms with Gasteiger partial charge in [-0.15, -0.1) is 0 Å². The molecule has 2 rings (SSSR count). The molecule has 0 unspecified atom stereocenters. The fraction of sp³-hybridized carbons (Fsp3) is 0.667. The van der Waals surface area contributed by atoms with Crippen LogP contribution in [0.15, 0.2) is 15.8 Å². The predicted molar refractivity (Wildman–Crippen MR) is 69.7 cm³/mol. The Hall–Kier alpha value is -1.52. The Kier molecular flexibility index (Phi) is 4.91. The molecule has 118 valence electrons. The maximum absolute atomic E-state index is 11.8. The van der Waals surface area contributed by atoms with Crippen molar-refractivity contribution in [1.82, 2.24) is 9.55 Å². The molecule has 4 atom stereocenters. The zero-order valence-corrected chi connectivity index (χ0v) is 11.4. The smallest absolute Gasteiger partial charge is 0.330 e. The molecule has 0 amide bonds. The molecule has 0 radical (unpaired) electrons. The third kappa shape index (κ3) is 3.06. The summed E-state index contributed by atoms with van der Waals surface area (Å²) in [5.74, 6) is 0. The van der Waals surface area contributed by atoms with Gasteiger partial charge >= 0.3 is 5.69 Å². The van der Waals surface area contributed by atoms with Crippen LogP contribution in [0, 0.1) is 0 Å². The van der Waals surface area contributed by atoms with E-state index in [0.29, 0.717) is 6.61 Å². The van der Waals surface area contributed by atoms with E-state index in [4.69, 9.17) is 14.6 Å². The zero-order valence-electron chi connectivity index (χ0n) is 11.4. The van der Waals surface area contributed by atoms with Crippen molar-refractivity contribution in [2.45, 2.75) is 38.1 Å². The van der Waals surface area contributed by atoms with Gasteiger partial charge < -0.3 is 24.8 Å². The molecule has 2 heterocycles. The molecule has 9 heteroatoms. The van der Waals surface area contributed by atoms with E-state index in [9.17, 15) is 19.8 Å². The van der Waals surface area contributed by atoms with Crippen molar-refractivity contribution in [2.24, 2.45) is 0 Å². The van der Waals surface area contributed by atoms with E-state index in [1.165, 1.54) is 6.20 Å². The Balaban J connectivity index is 2.35. The highest BCUT2D eigenvalue weighted by Gasteiger charge is 2.43. The summed E-state index contributed by atoms with van der Waals surface area (Å²) in [5.41, 5.74) is -1.18. The highest BCUT2D eigenvalue weighted by molar-refractivity contribution is 5.05. The molecule has 0 aromatic carbocycles. The highest BCUT2D eigenvalue weighted by Crippen LogP contribution is 2.27. The minimum atomic E-state index is -1.40. The number of ether oxygens (including phenoxy) is 2. The van der Waals surface area contributed by atoms with Crippen molar-refractivity contribution >= 4 is 0 Å². The monoisotopic (exact) mass is 302 g/mol. The number of hydrogen-bond donors (Lipinski definition) is 4. The summed E-state index contributed by atoms with van der Waals surface area (Å²) in [4.78, 5) is 25.6. The molecule has 21 heavy (non-hydrogen) atoms. The SMILES string of the molecule is CCOCc1cn([C@@H]2O[C@H](CO)[C@@H](O)[C@H]2O)c(=O)[nH]c1=O. The molecular formula is C12H18N2O7. The quantitative estimate of drug-likeness (QED) is 0.480. The van der Waals surface area contributed by atoms with Gasteiger partial charge in [0, 0.05) is 12.8 Å². The van der Waals surface area contributed by atoms with E-state index in [1.807, 2.05) is 0 Å². The lowest BCUT2D eigenvalue weighted by Crippen LogP contribution is -2.39. The number of nitrogens with one attached hydrogen (secondary N) is 1. The Morgan fingerprint density at radius 1 is 1.38 bits per heavy atom. The topological polar surface area (TPSA) is 134 Å². The molecule has 9 nitrogen and oxygen atoms in total. The summed E-state index contributed by atoms with van der Waals surface area (Å²) >= 11 is 0. The van der Waals surface area contributed by atoms with Gasteiger partial charge in [0.2, 0.25) is 0 Å². The van der Waals surface area contributed by atoms with Crippen LogP contribution < -0.4 is 11.2 Å². The van der Waals surface area contributed by atoms with Crippen molar-refractivity contribution < 1.29 is 24.8 Å². The van der Waals surface area contributed by atoms with Crippen molar-refractivity contribution in [3.05, 3.63) is 32.6 Å². The number of aliphatic hydroxyl groups is 3. The number of aromatic amines is 1. The normalized spacial score (nSPS) is 29.0. The maximum Gasteiger partial charge on any atom is 0.330 e. The molecule has 1 fully saturated rings. The van der Waals surface area contributed by atoms with Crippen LogP contribution in [0.1, 0.15) is 18.7 Å². The molecule has 4 N–H and O–H groups in total. The predicted octanol–water partition coefficient (Wildman–Crippen LogP) is -2.32. The van der Waals surface area contributed by atoms with Crippen LogP contribution in [0.3, 0.4) is 0 Å². The zero-order chi connectivity index (χ0) is 15.6. The van der Waals surface area contributed by atoms with E-state index in [2.05, 4.69) is 4.98 Å². The maximum atomic E-state index is 11.8. The number of aromatic nitrogens is 2. The second-order valence-corrected chi connectivity index (χ2v) is 4.69. The first-order valence-corrected chi connectivity index (χ1v) is 6.54. The van der Waals surface area contributed by atoms with Crippen LogP contribution in [0.5, 0.6) is 0 Å². The fourth-order valence-electron chi connectivity index (χ4n) is 2.14. The number of H-pyrrole nitrogens is 1. The molecule has 0 aliphatic carbocycles. The second kappa shape index (κ2) is 6.50. The van der Waals surface area contributed by atoms with Crippen molar-refractivity contribution in [1.29, 1.82) is 0 Å². The first-order valence-electron chi connectivity index (χ1n) is 6.54. The van der Waals surface area contributed by atoms with Crippen molar-refractivity contribution in [2.75, 3.05) is 13.2 Å². The Morgan fingerprint density at radius 3 is 2.67 bits per heavy atom. The second-order valence-electron chi connectivity index (χ2n) is 4.69. The van der Waals surface area contributed by atoms with Gasteiger partial charge in [0.05, 0.1) is 18.8 Å². The first kappa shape index (κ1) is 15.9. The third-order valence-corrected chi connectivity index (χ3v) is 3.29. The fourth-order valence-corrected chi connectivity index (χ4v) is 2.14. The first-order chi connectivity index (χ1) is 9.99. The number of nitrogens with zero attached hydrogens (tertiary/aromatic N) is 1. The average Bonchev–Trinajstić information content (AvgIpc) is 2.74. The van der Waals surface area contributed by atoms with E-state index in [0.717, 1.165) is 4.57 Å². The van der Waals surface area contributed by atoms with Crippen LogP contribution in [0.4, 0.5) is 0 Å². The van der Waals surface area contributed by atoms with E-state index in [-0.39, 0.29) is 12.2 Å². The van der Waals surface area contributed by atoms with Crippen molar-refractivity contribution in [3.8, 4) is 0 Å². The van der Waals surface area contributed by atoms with Gasteiger partial charge in [-0.3, -0.25) is 14.3 Å². The lowest BCUT2D eigenvalue weighted by atomic mass is 10.1. The van der Waals surface area contributed by atoms with Crippen molar-refractivity contribution in [3.63, 3.8) is 0 Å². The molecular weight excluding hydrogens is 284 g/mol. The van der Waals surface area contributed by atoms with E-state index >= 15 is 0 Å². The summed E-state index contributed by atoms with van der Waals surface area (Å²) < 4.78 is 11.3. The summed E-state index contributed by atoms with van der Waals surface area (Å²) in [7, 11) is 0. The van der Waals surface area contributed by atoms with Gasteiger partial charge in [0.25, 0.3) is 5.56 Å². The Morgan fingerprint density at radius 2 is 2.10 bits per heavy atom. The lowest BCUT2D eigenvalue weighted by Gasteiger charge is -2.17. The molecule has 1 aromatic heterocycles. The van der Waals surface area contributed by atoms with Crippen LogP contribution in [0.25, 0.3) is 0 Å². The third-order valence-electron chi connectivity index (χ3n) is 3.29. The number of rotatable bonds is 5.